The van der Waals surface area contributed by atoms with E-state index in [1.165, 1.54) is 0 Å². The highest BCUT2D eigenvalue weighted by atomic mass is 35.5. The van der Waals surface area contributed by atoms with Gasteiger partial charge in [-0.15, -0.1) is 12.4 Å². The Morgan fingerprint density at radius 1 is 0.875 bits per heavy atom. The zero-order chi connectivity index (χ0) is 16.7. The van der Waals surface area contributed by atoms with Crippen LogP contribution in [0.25, 0.3) is 11.0 Å². The minimum Gasteiger partial charge on any atom is -0.395 e. The smallest absolute Gasteiger partial charge is 0.225 e. The van der Waals surface area contributed by atoms with Crippen molar-refractivity contribution in [2.24, 2.45) is 0 Å². The van der Waals surface area contributed by atoms with E-state index in [0.717, 1.165) is 0 Å². The molecule has 10 nitrogen and oxygen atoms in total. The average molecular weight is 359 g/mol. The van der Waals surface area contributed by atoms with Crippen LogP contribution in [0.2, 0.25) is 0 Å². The second-order valence-electron chi connectivity index (χ2n) is 4.56. The summed E-state index contributed by atoms with van der Waals surface area (Å²) in [5, 5.41) is 21.1. The van der Waals surface area contributed by atoms with E-state index in [9.17, 15) is 0 Å². The Balaban J connectivity index is 0.00000288. The summed E-state index contributed by atoms with van der Waals surface area (Å²) in [5.41, 5.74) is 1.15. The number of anilines is 4. The van der Waals surface area contributed by atoms with Gasteiger partial charge in [-0.2, -0.15) is 9.97 Å². The molecule has 11 heteroatoms. The van der Waals surface area contributed by atoms with E-state index in [-0.39, 0.29) is 19.0 Å². The first-order valence-electron chi connectivity index (χ1n) is 7.26. The van der Waals surface area contributed by atoms with Crippen molar-refractivity contribution in [3.05, 3.63) is 0 Å². The third-order valence-electron chi connectivity index (χ3n) is 2.99. The highest BCUT2D eigenvalue weighted by molar-refractivity contribution is 5.94. The van der Waals surface area contributed by atoms with Gasteiger partial charge in [0.25, 0.3) is 0 Å². The number of aromatic nitrogens is 4. The maximum Gasteiger partial charge on any atom is 0.225 e. The third kappa shape index (κ3) is 4.66. The van der Waals surface area contributed by atoms with Crippen molar-refractivity contribution in [3.63, 3.8) is 0 Å². The first-order chi connectivity index (χ1) is 11.2. The summed E-state index contributed by atoms with van der Waals surface area (Å²) in [5.74, 6) is 2.00. The SMILES string of the molecule is CNc1nc(NCCOC)c2nc(NC)nc(NCCO)c2n1.Cl. The minimum atomic E-state index is -0.0106. The lowest BCUT2D eigenvalue weighted by Gasteiger charge is -2.13. The molecule has 0 saturated heterocycles. The van der Waals surface area contributed by atoms with Gasteiger partial charge in [0, 0.05) is 34.3 Å². The summed E-state index contributed by atoms with van der Waals surface area (Å²) in [6.07, 6.45) is 0. The zero-order valence-corrected chi connectivity index (χ0v) is 14.7. The molecule has 2 rings (SSSR count). The van der Waals surface area contributed by atoms with Gasteiger partial charge in [-0.3, -0.25) is 0 Å². The van der Waals surface area contributed by atoms with Crippen molar-refractivity contribution < 1.29 is 9.84 Å². The number of nitrogens with one attached hydrogen (secondary N) is 4. The number of ether oxygens (including phenoxy) is 1. The molecule has 0 saturated carbocycles. The van der Waals surface area contributed by atoms with E-state index >= 15 is 0 Å². The summed E-state index contributed by atoms with van der Waals surface area (Å²) in [7, 11) is 5.11. The van der Waals surface area contributed by atoms with Gasteiger partial charge in [0.05, 0.1) is 13.2 Å². The van der Waals surface area contributed by atoms with E-state index in [1.54, 1.807) is 21.2 Å². The number of nitrogens with zero attached hydrogens (tertiary/aromatic N) is 4. The standard InChI is InChI=1S/C13H22N8O2.ClH/c1-14-12-19-9-8(10(20-12)16-4-6-22)18-13(15-2)21-11(9)17-5-7-23-3;/h22H,4-7H2,1-3H3,(H2,14,16,19,20)(H2,15,17,18,21);1H. The lowest BCUT2D eigenvalue weighted by Crippen LogP contribution is -2.14. The Hall–Kier alpha value is -2.17. The van der Waals surface area contributed by atoms with Crippen LogP contribution in [0.5, 0.6) is 0 Å². The van der Waals surface area contributed by atoms with Crippen molar-refractivity contribution in [2.45, 2.75) is 0 Å². The number of fused-ring (bicyclic) bond motifs is 1. The van der Waals surface area contributed by atoms with Crippen molar-refractivity contribution in [1.29, 1.82) is 0 Å². The molecule has 0 bridgehead atoms. The Bertz CT molecular complexity index is 657. The van der Waals surface area contributed by atoms with E-state index in [0.29, 0.717) is 54.3 Å². The molecule has 2 heterocycles. The van der Waals surface area contributed by atoms with Gasteiger partial charge in [-0.1, -0.05) is 0 Å². The molecule has 0 fully saturated rings. The van der Waals surface area contributed by atoms with Gasteiger partial charge >= 0.3 is 0 Å². The summed E-state index contributed by atoms with van der Waals surface area (Å²) in [6, 6.07) is 0. The molecular weight excluding hydrogens is 336 g/mol. The molecule has 24 heavy (non-hydrogen) atoms. The Labute approximate surface area is 146 Å². The number of halogens is 1. The second-order valence-corrected chi connectivity index (χ2v) is 4.56. The number of aliphatic hydroxyl groups is 1. The molecule has 0 aromatic carbocycles. The van der Waals surface area contributed by atoms with E-state index in [2.05, 4.69) is 41.2 Å². The van der Waals surface area contributed by atoms with Crippen LogP contribution in [-0.2, 0) is 4.74 Å². The van der Waals surface area contributed by atoms with Crippen LogP contribution < -0.4 is 21.3 Å². The predicted molar refractivity (Wildman–Crippen MR) is 97.4 cm³/mol. The van der Waals surface area contributed by atoms with Crippen LogP contribution in [0.4, 0.5) is 23.5 Å². The van der Waals surface area contributed by atoms with E-state index in [4.69, 9.17) is 9.84 Å². The fourth-order valence-corrected chi connectivity index (χ4v) is 1.93. The molecule has 2 aromatic rings. The molecule has 0 radical (unpaired) electrons. The predicted octanol–water partition coefficient (Wildman–Crippen LogP) is 0.387. The van der Waals surface area contributed by atoms with Crippen molar-refractivity contribution in [3.8, 4) is 0 Å². The fraction of sp³-hybridized carbons (Fsp3) is 0.538. The molecule has 0 atom stereocenters. The van der Waals surface area contributed by atoms with Crippen molar-refractivity contribution >= 4 is 47.0 Å². The van der Waals surface area contributed by atoms with Crippen LogP contribution in [0.3, 0.4) is 0 Å². The van der Waals surface area contributed by atoms with E-state index < -0.39 is 0 Å². The summed E-state index contributed by atoms with van der Waals surface area (Å²) < 4.78 is 5.05. The summed E-state index contributed by atoms with van der Waals surface area (Å²) in [6.45, 7) is 1.48. The molecule has 134 valence electrons. The molecule has 0 amide bonds. The van der Waals surface area contributed by atoms with Gasteiger partial charge in [-0.25, -0.2) is 9.97 Å². The topological polar surface area (TPSA) is 129 Å². The molecular formula is C13H23ClN8O2. The van der Waals surface area contributed by atoms with Crippen molar-refractivity contribution in [1.82, 2.24) is 19.9 Å². The largest absolute Gasteiger partial charge is 0.395 e. The minimum absolute atomic E-state index is 0. The van der Waals surface area contributed by atoms with Crippen LogP contribution in [-0.4, -0.2) is 72.6 Å². The lowest BCUT2D eigenvalue weighted by molar-refractivity contribution is 0.210. The third-order valence-corrected chi connectivity index (χ3v) is 2.99. The monoisotopic (exact) mass is 358 g/mol. The number of hydrogen-bond acceptors (Lipinski definition) is 10. The number of hydrogen-bond donors (Lipinski definition) is 5. The highest BCUT2D eigenvalue weighted by Crippen LogP contribution is 2.26. The normalized spacial score (nSPS) is 10.2. The molecule has 0 unspecified atom stereocenters. The zero-order valence-electron chi connectivity index (χ0n) is 13.9. The van der Waals surface area contributed by atoms with Gasteiger partial charge in [0.2, 0.25) is 11.9 Å². The van der Waals surface area contributed by atoms with Crippen LogP contribution in [0.15, 0.2) is 0 Å². The lowest BCUT2D eigenvalue weighted by atomic mass is 10.3. The van der Waals surface area contributed by atoms with Crippen molar-refractivity contribution in [2.75, 3.05) is 68.8 Å². The molecule has 5 N–H and O–H groups in total. The maximum absolute atomic E-state index is 9.03. The quantitative estimate of drug-likeness (QED) is 0.401. The van der Waals surface area contributed by atoms with Gasteiger partial charge < -0.3 is 31.1 Å². The molecule has 0 aliphatic carbocycles. The van der Waals surface area contributed by atoms with Crippen LogP contribution in [0.1, 0.15) is 0 Å². The first kappa shape index (κ1) is 19.9. The Morgan fingerprint density at radius 2 is 1.38 bits per heavy atom. The molecule has 0 spiro atoms. The number of aliphatic hydroxyl groups excluding tert-OH is 1. The highest BCUT2D eigenvalue weighted by Gasteiger charge is 2.15. The summed E-state index contributed by atoms with van der Waals surface area (Å²) in [4.78, 5) is 17.6. The number of rotatable bonds is 9. The molecule has 0 aliphatic heterocycles. The van der Waals surface area contributed by atoms with Crippen LogP contribution in [0, 0.1) is 0 Å². The van der Waals surface area contributed by atoms with Gasteiger partial charge in [-0.05, 0) is 0 Å². The Kier molecular flexibility index (Phi) is 8.16. The molecule has 0 aliphatic rings. The summed E-state index contributed by atoms with van der Waals surface area (Å²) >= 11 is 0. The maximum atomic E-state index is 9.03. The van der Waals surface area contributed by atoms with Gasteiger partial charge in [0.1, 0.15) is 11.0 Å². The fourth-order valence-electron chi connectivity index (χ4n) is 1.93. The van der Waals surface area contributed by atoms with Gasteiger partial charge in [0.15, 0.2) is 11.6 Å². The Morgan fingerprint density at radius 3 is 1.79 bits per heavy atom. The van der Waals surface area contributed by atoms with Crippen LogP contribution >= 0.6 is 12.4 Å². The molecule has 2 aromatic heterocycles. The number of methoxy groups -OCH3 is 1. The average Bonchev–Trinajstić information content (AvgIpc) is 2.59. The van der Waals surface area contributed by atoms with E-state index in [1.807, 2.05) is 0 Å². The first-order valence-corrected chi connectivity index (χ1v) is 7.26. The second kappa shape index (κ2) is 9.85.